The summed E-state index contributed by atoms with van der Waals surface area (Å²) in [5, 5.41) is 19.4. The van der Waals surface area contributed by atoms with Gasteiger partial charge in [-0.05, 0) is 18.8 Å². The van der Waals surface area contributed by atoms with E-state index in [1.165, 1.54) is 0 Å². The maximum atomic E-state index is 11.7. The molecule has 0 radical (unpaired) electrons. The zero-order valence-electron chi connectivity index (χ0n) is 12.4. The van der Waals surface area contributed by atoms with Crippen molar-refractivity contribution in [3.05, 3.63) is 5.53 Å². The third-order valence-corrected chi connectivity index (χ3v) is 2.99. The maximum Gasteiger partial charge on any atom is 0.337 e. The first-order chi connectivity index (χ1) is 9.34. The summed E-state index contributed by atoms with van der Waals surface area (Å²) >= 11 is 0. The molecule has 0 aromatic rings. The SMILES string of the molecule is CCCC(=[N+]=[N-])C(=O)C(O)C(O)C(=O)CCCC(C)C. The summed E-state index contributed by atoms with van der Waals surface area (Å²) in [6.45, 7) is 5.82. The molecule has 0 aliphatic heterocycles. The van der Waals surface area contributed by atoms with E-state index in [-0.39, 0.29) is 18.6 Å². The molecule has 20 heavy (non-hydrogen) atoms. The summed E-state index contributed by atoms with van der Waals surface area (Å²) in [6, 6.07) is 0. The molecular formula is C14H24N2O4. The molecular weight excluding hydrogens is 260 g/mol. The van der Waals surface area contributed by atoms with E-state index in [9.17, 15) is 19.8 Å². The normalized spacial score (nSPS) is 13.7. The highest BCUT2D eigenvalue weighted by Crippen LogP contribution is 2.10. The number of carbonyl (C=O) groups excluding carboxylic acids is 2. The van der Waals surface area contributed by atoms with Crippen LogP contribution in [-0.4, -0.2) is 44.5 Å². The highest BCUT2D eigenvalue weighted by atomic mass is 16.3. The molecule has 0 aromatic heterocycles. The van der Waals surface area contributed by atoms with Gasteiger partial charge in [-0.1, -0.05) is 27.2 Å². The van der Waals surface area contributed by atoms with Gasteiger partial charge < -0.3 is 15.7 Å². The van der Waals surface area contributed by atoms with Gasteiger partial charge >= 0.3 is 5.71 Å². The van der Waals surface area contributed by atoms with Crippen molar-refractivity contribution in [2.75, 3.05) is 0 Å². The van der Waals surface area contributed by atoms with Gasteiger partial charge in [-0.3, -0.25) is 9.59 Å². The van der Waals surface area contributed by atoms with Crippen LogP contribution in [0.3, 0.4) is 0 Å². The van der Waals surface area contributed by atoms with Crippen molar-refractivity contribution >= 4 is 17.3 Å². The molecule has 0 fully saturated rings. The second kappa shape index (κ2) is 9.53. The lowest BCUT2D eigenvalue weighted by molar-refractivity contribution is -0.142. The predicted molar refractivity (Wildman–Crippen MR) is 74.3 cm³/mol. The van der Waals surface area contributed by atoms with Crippen molar-refractivity contribution in [1.82, 2.24) is 0 Å². The van der Waals surface area contributed by atoms with Crippen molar-refractivity contribution in [2.24, 2.45) is 5.92 Å². The minimum atomic E-state index is -1.86. The molecule has 0 saturated heterocycles. The Labute approximate surface area is 119 Å². The first kappa shape index (κ1) is 18.6. The summed E-state index contributed by atoms with van der Waals surface area (Å²) in [4.78, 5) is 26.2. The summed E-state index contributed by atoms with van der Waals surface area (Å²) in [5.74, 6) is -1.02. The van der Waals surface area contributed by atoms with Crippen molar-refractivity contribution in [1.29, 1.82) is 0 Å². The number of hydrogen-bond acceptors (Lipinski definition) is 4. The van der Waals surface area contributed by atoms with Gasteiger partial charge in [-0.2, -0.15) is 4.79 Å². The largest absolute Gasteiger partial charge is 0.382 e. The Balaban J connectivity index is 4.52. The van der Waals surface area contributed by atoms with Crippen LogP contribution in [0.2, 0.25) is 0 Å². The van der Waals surface area contributed by atoms with Crippen LogP contribution in [0.25, 0.3) is 5.53 Å². The Morgan fingerprint density at radius 2 is 1.75 bits per heavy atom. The molecule has 6 heteroatoms. The van der Waals surface area contributed by atoms with Crippen LogP contribution in [0.1, 0.15) is 52.9 Å². The van der Waals surface area contributed by atoms with E-state index in [1.807, 2.05) is 13.8 Å². The fourth-order valence-corrected chi connectivity index (χ4v) is 1.78. The molecule has 0 aromatic carbocycles. The fourth-order valence-electron chi connectivity index (χ4n) is 1.78. The van der Waals surface area contributed by atoms with Gasteiger partial charge in [0.2, 0.25) is 0 Å². The van der Waals surface area contributed by atoms with Crippen molar-refractivity contribution in [2.45, 2.75) is 65.1 Å². The predicted octanol–water partition coefficient (Wildman–Crippen LogP) is 1.14. The molecule has 114 valence electrons. The Morgan fingerprint density at radius 1 is 1.15 bits per heavy atom. The first-order valence-electron chi connectivity index (χ1n) is 6.99. The van der Waals surface area contributed by atoms with Crippen LogP contribution in [0.5, 0.6) is 0 Å². The second-order valence-corrected chi connectivity index (χ2v) is 5.30. The van der Waals surface area contributed by atoms with E-state index in [0.29, 0.717) is 18.8 Å². The van der Waals surface area contributed by atoms with Gasteiger partial charge in [0.15, 0.2) is 11.9 Å². The van der Waals surface area contributed by atoms with E-state index in [1.54, 1.807) is 6.92 Å². The topological polar surface area (TPSA) is 111 Å². The number of nitrogens with zero attached hydrogens (tertiary/aromatic N) is 2. The van der Waals surface area contributed by atoms with Crippen LogP contribution < -0.4 is 0 Å². The van der Waals surface area contributed by atoms with Crippen LogP contribution >= 0.6 is 0 Å². The average molecular weight is 284 g/mol. The third kappa shape index (κ3) is 6.19. The molecule has 0 spiro atoms. The van der Waals surface area contributed by atoms with Gasteiger partial charge in [-0.15, -0.1) is 0 Å². The van der Waals surface area contributed by atoms with E-state index in [0.717, 1.165) is 6.42 Å². The number of ketones is 2. The smallest absolute Gasteiger partial charge is 0.337 e. The lowest BCUT2D eigenvalue weighted by Gasteiger charge is -2.14. The maximum absolute atomic E-state index is 11.7. The zero-order chi connectivity index (χ0) is 15.7. The minimum absolute atomic E-state index is 0.114. The van der Waals surface area contributed by atoms with Crippen LogP contribution in [0, 0.1) is 5.92 Å². The molecule has 2 N–H and O–H groups in total. The quantitative estimate of drug-likeness (QED) is 0.356. The van der Waals surface area contributed by atoms with Gasteiger partial charge in [-0.25, -0.2) is 0 Å². The minimum Gasteiger partial charge on any atom is -0.382 e. The number of Topliss-reactive ketones (excluding diaryl/α,β-unsaturated/α-hetero) is 2. The van der Waals surface area contributed by atoms with Crippen LogP contribution in [-0.2, 0) is 9.59 Å². The van der Waals surface area contributed by atoms with Gasteiger partial charge in [0.25, 0.3) is 5.78 Å². The summed E-state index contributed by atoms with van der Waals surface area (Å²) < 4.78 is 0. The highest BCUT2D eigenvalue weighted by molar-refractivity contribution is 6.39. The van der Waals surface area contributed by atoms with Gasteiger partial charge in [0.1, 0.15) is 6.10 Å². The molecule has 2 atom stereocenters. The number of hydrogen-bond donors (Lipinski definition) is 2. The highest BCUT2D eigenvalue weighted by Gasteiger charge is 2.35. The van der Waals surface area contributed by atoms with Gasteiger partial charge in [0.05, 0.1) is 6.42 Å². The van der Waals surface area contributed by atoms with Gasteiger partial charge in [0, 0.05) is 6.42 Å². The molecule has 0 heterocycles. The molecule has 0 bridgehead atoms. The lowest BCUT2D eigenvalue weighted by Crippen LogP contribution is -2.43. The van der Waals surface area contributed by atoms with E-state index < -0.39 is 23.8 Å². The van der Waals surface area contributed by atoms with Crippen LogP contribution in [0.15, 0.2) is 0 Å². The molecule has 0 saturated carbocycles. The molecule has 0 rings (SSSR count). The Morgan fingerprint density at radius 3 is 2.20 bits per heavy atom. The Hall–Kier alpha value is -1.36. The second-order valence-electron chi connectivity index (χ2n) is 5.30. The number of aliphatic hydroxyl groups is 2. The molecule has 0 aliphatic carbocycles. The van der Waals surface area contributed by atoms with E-state index >= 15 is 0 Å². The summed E-state index contributed by atoms with van der Waals surface area (Å²) in [5.41, 5.74) is 8.46. The Kier molecular flexibility index (Phi) is 8.88. The zero-order valence-corrected chi connectivity index (χ0v) is 12.4. The van der Waals surface area contributed by atoms with Crippen LogP contribution in [0.4, 0.5) is 0 Å². The standard InChI is InChI=1S/C14H24N2O4/c1-4-6-10(16-15)12(18)14(20)13(19)11(17)8-5-7-9(2)3/h9,13-14,19-20H,4-8H2,1-3H3. The number of rotatable bonds is 10. The third-order valence-electron chi connectivity index (χ3n) is 2.99. The summed E-state index contributed by atoms with van der Waals surface area (Å²) in [7, 11) is 0. The van der Waals surface area contributed by atoms with E-state index in [2.05, 4.69) is 4.79 Å². The number of aliphatic hydroxyl groups excluding tert-OH is 2. The molecule has 0 aliphatic rings. The van der Waals surface area contributed by atoms with Crippen molar-refractivity contribution in [3.63, 3.8) is 0 Å². The van der Waals surface area contributed by atoms with Crippen molar-refractivity contribution in [3.8, 4) is 0 Å². The average Bonchev–Trinajstić information content (AvgIpc) is 2.41. The van der Waals surface area contributed by atoms with E-state index in [4.69, 9.17) is 5.53 Å². The molecule has 0 amide bonds. The molecule has 6 nitrogen and oxygen atoms in total. The molecule has 2 unspecified atom stereocenters. The summed E-state index contributed by atoms with van der Waals surface area (Å²) in [6.07, 6.45) is -1.34. The lowest BCUT2D eigenvalue weighted by atomic mass is 9.96. The first-order valence-corrected chi connectivity index (χ1v) is 6.99. The Bertz CT molecular complexity index is 387. The monoisotopic (exact) mass is 284 g/mol. The number of carbonyl (C=O) groups is 2. The van der Waals surface area contributed by atoms with Crippen molar-refractivity contribution < 1.29 is 24.6 Å². The fraction of sp³-hybridized carbons (Fsp3) is 0.786.